The number of ether oxygens (including phenoxy) is 1. The van der Waals surface area contributed by atoms with E-state index in [4.69, 9.17) is 4.74 Å². The van der Waals surface area contributed by atoms with E-state index in [-0.39, 0.29) is 5.91 Å². The Hall–Kier alpha value is -0.940. The number of rotatable bonds is 7. The Kier molecular flexibility index (Phi) is 6.90. The van der Waals surface area contributed by atoms with Crippen molar-refractivity contribution in [3.05, 3.63) is 40.9 Å². The summed E-state index contributed by atoms with van der Waals surface area (Å²) in [6.07, 6.45) is 1.85. The van der Waals surface area contributed by atoms with Crippen molar-refractivity contribution in [2.45, 2.75) is 0 Å². The highest BCUT2D eigenvalue weighted by Gasteiger charge is 2.11. The Morgan fingerprint density at radius 1 is 1.61 bits per heavy atom. The molecule has 1 amide bonds. The third-order valence-corrected chi connectivity index (χ3v) is 3.63. The molecule has 0 aliphatic rings. The quantitative estimate of drug-likeness (QED) is 0.617. The number of halogens is 1. The zero-order valence-electron chi connectivity index (χ0n) is 10.2. The van der Waals surface area contributed by atoms with Crippen LogP contribution in [0.5, 0.6) is 5.75 Å². The van der Waals surface area contributed by atoms with Gasteiger partial charge < -0.3 is 10.1 Å². The number of hydrogen-bond donors (Lipinski definition) is 1. The van der Waals surface area contributed by atoms with Gasteiger partial charge in [-0.25, -0.2) is 0 Å². The summed E-state index contributed by atoms with van der Waals surface area (Å²) in [5, 5.41) is 2.86. The molecule has 0 unspecified atom stereocenters. The molecule has 0 heterocycles. The van der Waals surface area contributed by atoms with Crippen LogP contribution in [-0.4, -0.2) is 31.1 Å². The van der Waals surface area contributed by atoms with E-state index < -0.39 is 0 Å². The molecule has 0 spiro atoms. The molecule has 1 aromatic rings. The fourth-order valence-electron chi connectivity index (χ4n) is 1.35. The molecule has 0 aliphatic heterocycles. The van der Waals surface area contributed by atoms with Crippen molar-refractivity contribution in [1.29, 1.82) is 0 Å². The molecule has 1 aromatic carbocycles. The zero-order chi connectivity index (χ0) is 13.4. The first-order valence-electron chi connectivity index (χ1n) is 5.49. The zero-order valence-corrected chi connectivity index (χ0v) is 12.6. The highest BCUT2D eigenvalue weighted by molar-refractivity contribution is 9.10. The first-order chi connectivity index (χ1) is 8.69. The normalized spacial score (nSPS) is 9.89. The van der Waals surface area contributed by atoms with Gasteiger partial charge in [-0.1, -0.05) is 22.0 Å². The lowest BCUT2D eigenvalue weighted by molar-refractivity contribution is 0.0953. The molecular formula is C13H16BrNO2S. The SMILES string of the molecule is C=CCSCCNC(=O)c1ccc(Br)cc1OC. The number of amides is 1. The number of carbonyl (C=O) groups excluding carboxylic acids is 1. The minimum atomic E-state index is -0.112. The summed E-state index contributed by atoms with van der Waals surface area (Å²) in [6.45, 7) is 4.28. The van der Waals surface area contributed by atoms with Gasteiger partial charge in [0.25, 0.3) is 5.91 Å². The van der Waals surface area contributed by atoms with E-state index in [0.29, 0.717) is 17.9 Å². The van der Waals surface area contributed by atoms with Crippen LogP contribution in [0.4, 0.5) is 0 Å². The third kappa shape index (κ3) is 4.74. The van der Waals surface area contributed by atoms with Gasteiger partial charge in [0.1, 0.15) is 5.75 Å². The van der Waals surface area contributed by atoms with Gasteiger partial charge >= 0.3 is 0 Å². The highest BCUT2D eigenvalue weighted by Crippen LogP contribution is 2.23. The maximum absolute atomic E-state index is 11.9. The number of thioether (sulfide) groups is 1. The second-order valence-corrected chi connectivity index (χ2v) is 5.53. The van der Waals surface area contributed by atoms with Gasteiger partial charge in [0.15, 0.2) is 0 Å². The van der Waals surface area contributed by atoms with E-state index in [1.54, 1.807) is 31.0 Å². The Morgan fingerprint density at radius 2 is 2.39 bits per heavy atom. The van der Waals surface area contributed by atoms with Crippen molar-refractivity contribution in [3.8, 4) is 5.75 Å². The summed E-state index contributed by atoms with van der Waals surface area (Å²) in [6, 6.07) is 5.35. The monoisotopic (exact) mass is 329 g/mol. The molecule has 5 heteroatoms. The Balaban J connectivity index is 2.53. The van der Waals surface area contributed by atoms with Gasteiger partial charge in [0.2, 0.25) is 0 Å². The standard InChI is InChI=1S/C13H16BrNO2S/c1-3-7-18-8-6-15-13(16)11-5-4-10(14)9-12(11)17-2/h3-5,9H,1,6-8H2,2H3,(H,15,16). The van der Waals surface area contributed by atoms with Crippen molar-refractivity contribution in [3.63, 3.8) is 0 Å². The first-order valence-corrected chi connectivity index (χ1v) is 7.44. The van der Waals surface area contributed by atoms with Crippen LogP contribution < -0.4 is 10.1 Å². The molecule has 0 fully saturated rings. The average molecular weight is 330 g/mol. The second-order valence-electron chi connectivity index (χ2n) is 3.46. The summed E-state index contributed by atoms with van der Waals surface area (Å²) in [4.78, 5) is 11.9. The molecule has 0 radical (unpaired) electrons. The number of nitrogens with one attached hydrogen (secondary N) is 1. The molecular weight excluding hydrogens is 314 g/mol. The number of benzene rings is 1. The minimum absolute atomic E-state index is 0.112. The molecule has 0 aliphatic carbocycles. The summed E-state index contributed by atoms with van der Waals surface area (Å²) < 4.78 is 6.07. The molecule has 0 saturated heterocycles. The molecule has 98 valence electrons. The van der Waals surface area contributed by atoms with Gasteiger partial charge in [-0.05, 0) is 18.2 Å². The predicted molar refractivity (Wildman–Crippen MR) is 80.5 cm³/mol. The fraction of sp³-hybridized carbons (Fsp3) is 0.308. The van der Waals surface area contributed by atoms with E-state index in [1.165, 1.54) is 0 Å². The number of hydrogen-bond acceptors (Lipinski definition) is 3. The van der Waals surface area contributed by atoms with E-state index in [9.17, 15) is 4.79 Å². The fourth-order valence-corrected chi connectivity index (χ4v) is 2.27. The Morgan fingerprint density at radius 3 is 3.06 bits per heavy atom. The smallest absolute Gasteiger partial charge is 0.255 e. The lowest BCUT2D eigenvalue weighted by Gasteiger charge is -2.09. The van der Waals surface area contributed by atoms with Crippen LogP contribution in [-0.2, 0) is 0 Å². The van der Waals surface area contributed by atoms with Crippen LogP contribution in [0.1, 0.15) is 10.4 Å². The lowest BCUT2D eigenvalue weighted by Crippen LogP contribution is -2.26. The number of methoxy groups -OCH3 is 1. The van der Waals surface area contributed by atoms with E-state index >= 15 is 0 Å². The predicted octanol–water partition coefficient (Wildman–Crippen LogP) is 3.11. The van der Waals surface area contributed by atoms with Crippen LogP contribution >= 0.6 is 27.7 Å². The van der Waals surface area contributed by atoms with Gasteiger partial charge in [-0.2, -0.15) is 11.8 Å². The van der Waals surface area contributed by atoms with Crippen LogP contribution in [0.3, 0.4) is 0 Å². The summed E-state index contributed by atoms with van der Waals surface area (Å²) in [5.41, 5.74) is 0.550. The van der Waals surface area contributed by atoms with Crippen LogP contribution in [0, 0.1) is 0 Å². The van der Waals surface area contributed by atoms with Crippen LogP contribution in [0.2, 0.25) is 0 Å². The van der Waals surface area contributed by atoms with Crippen molar-refractivity contribution >= 4 is 33.6 Å². The summed E-state index contributed by atoms with van der Waals surface area (Å²) >= 11 is 5.07. The first kappa shape index (κ1) is 15.1. The Labute approximate surface area is 120 Å². The summed E-state index contributed by atoms with van der Waals surface area (Å²) in [5.74, 6) is 2.23. The topological polar surface area (TPSA) is 38.3 Å². The van der Waals surface area contributed by atoms with Gasteiger partial charge in [0.05, 0.1) is 12.7 Å². The van der Waals surface area contributed by atoms with Crippen molar-refractivity contribution in [2.24, 2.45) is 0 Å². The highest BCUT2D eigenvalue weighted by atomic mass is 79.9. The van der Waals surface area contributed by atoms with E-state index in [2.05, 4.69) is 27.8 Å². The molecule has 0 atom stereocenters. The lowest BCUT2D eigenvalue weighted by atomic mass is 10.2. The van der Waals surface area contributed by atoms with Crippen LogP contribution in [0.25, 0.3) is 0 Å². The van der Waals surface area contributed by atoms with Crippen molar-refractivity contribution < 1.29 is 9.53 Å². The van der Waals surface area contributed by atoms with Crippen molar-refractivity contribution in [1.82, 2.24) is 5.32 Å². The minimum Gasteiger partial charge on any atom is -0.496 e. The molecule has 3 nitrogen and oxygen atoms in total. The largest absolute Gasteiger partial charge is 0.496 e. The number of carbonyl (C=O) groups is 1. The van der Waals surface area contributed by atoms with Gasteiger partial charge in [0, 0.05) is 22.5 Å². The van der Waals surface area contributed by atoms with Gasteiger partial charge in [-0.15, -0.1) is 6.58 Å². The molecule has 0 saturated carbocycles. The van der Waals surface area contributed by atoms with Crippen LogP contribution in [0.15, 0.2) is 35.3 Å². The van der Waals surface area contributed by atoms with E-state index in [1.807, 2.05) is 12.1 Å². The average Bonchev–Trinajstić information content (AvgIpc) is 2.38. The summed E-state index contributed by atoms with van der Waals surface area (Å²) in [7, 11) is 1.55. The maximum atomic E-state index is 11.9. The molecule has 1 N–H and O–H groups in total. The maximum Gasteiger partial charge on any atom is 0.255 e. The molecule has 1 rings (SSSR count). The molecule has 0 aromatic heterocycles. The van der Waals surface area contributed by atoms with Crippen molar-refractivity contribution in [2.75, 3.05) is 25.2 Å². The van der Waals surface area contributed by atoms with Gasteiger partial charge in [-0.3, -0.25) is 4.79 Å². The van der Waals surface area contributed by atoms with E-state index in [0.717, 1.165) is 16.0 Å². The molecule has 18 heavy (non-hydrogen) atoms. The second kappa shape index (κ2) is 8.21. The third-order valence-electron chi connectivity index (χ3n) is 2.18. The molecule has 0 bridgehead atoms. The Bertz CT molecular complexity index is 423.